The summed E-state index contributed by atoms with van der Waals surface area (Å²) in [5.41, 5.74) is 4.89. The van der Waals surface area contributed by atoms with E-state index in [2.05, 4.69) is 10.9 Å². The van der Waals surface area contributed by atoms with Crippen molar-refractivity contribution in [3.05, 3.63) is 65.2 Å². The number of amides is 2. The summed E-state index contributed by atoms with van der Waals surface area (Å²) in [4.78, 5) is 23.9. The Kier molecular flexibility index (Phi) is 5.58. The van der Waals surface area contributed by atoms with Gasteiger partial charge < -0.3 is 4.74 Å². The Morgan fingerprint density at radius 2 is 1.75 bits per heavy atom. The standard InChI is InChI=1S/C20H19F3N2O3/c1-12-6-8-13(9-7-12)28-11-18(26)24-25-19(27)16-10-15(16)14-4-2-3-5-17(14)20(21,22)23/h2-9,15-16H,10-11H2,1H3,(H,24,26)(H,25,27). The molecule has 148 valence electrons. The molecule has 1 aliphatic rings. The lowest BCUT2D eigenvalue weighted by atomic mass is 10.0. The van der Waals surface area contributed by atoms with E-state index in [-0.39, 0.29) is 12.2 Å². The molecular weight excluding hydrogens is 373 g/mol. The Hall–Kier alpha value is -3.03. The smallest absolute Gasteiger partial charge is 0.416 e. The molecule has 0 spiro atoms. The Morgan fingerprint density at radius 3 is 2.43 bits per heavy atom. The van der Waals surface area contributed by atoms with Gasteiger partial charge >= 0.3 is 6.18 Å². The van der Waals surface area contributed by atoms with Crippen LogP contribution < -0.4 is 15.6 Å². The van der Waals surface area contributed by atoms with E-state index in [0.717, 1.165) is 11.6 Å². The van der Waals surface area contributed by atoms with Crippen LogP contribution in [0, 0.1) is 12.8 Å². The first-order valence-corrected chi connectivity index (χ1v) is 8.70. The summed E-state index contributed by atoms with van der Waals surface area (Å²) in [6.45, 7) is 1.62. The summed E-state index contributed by atoms with van der Waals surface area (Å²) in [5, 5.41) is 0. The number of ether oxygens (including phenoxy) is 1. The minimum atomic E-state index is -4.47. The molecule has 0 bridgehead atoms. The van der Waals surface area contributed by atoms with Crippen LogP contribution in [-0.4, -0.2) is 18.4 Å². The third-order valence-corrected chi connectivity index (χ3v) is 4.51. The van der Waals surface area contributed by atoms with E-state index in [1.807, 2.05) is 19.1 Å². The number of hydrazine groups is 1. The van der Waals surface area contributed by atoms with Gasteiger partial charge in [-0.05, 0) is 43.0 Å². The summed E-state index contributed by atoms with van der Waals surface area (Å²) in [6, 6.07) is 12.3. The van der Waals surface area contributed by atoms with Gasteiger partial charge in [0.1, 0.15) is 5.75 Å². The third-order valence-electron chi connectivity index (χ3n) is 4.51. The molecule has 1 fully saturated rings. The van der Waals surface area contributed by atoms with Crippen molar-refractivity contribution in [1.82, 2.24) is 10.9 Å². The number of benzene rings is 2. The molecule has 2 amide bonds. The molecule has 0 saturated heterocycles. The van der Waals surface area contributed by atoms with Gasteiger partial charge in [0, 0.05) is 5.92 Å². The van der Waals surface area contributed by atoms with Gasteiger partial charge in [0.05, 0.1) is 5.56 Å². The van der Waals surface area contributed by atoms with Gasteiger partial charge in [-0.15, -0.1) is 0 Å². The average molecular weight is 392 g/mol. The van der Waals surface area contributed by atoms with E-state index < -0.39 is 35.4 Å². The molecule has 2 N–H and O–H groups in total. The van der Waals surface area contributed by atoms with E-state index >= 15 is 0 Å². The van der Waals surface area contributed by atoms with Crippen LogP contribution in [-0.2, 0) is 15.8 Å². The van der Waals surface area contributed by atoms with Gasteiger partial charge in [0.2, 0.25) is 5.91 Å². The Balaban J connectivity index is 1.48. The van der Waals surface area contributed by atoms with Gasteiger partial charge in [-0.1, -0.05) is 35.9 Å². The van der Waals surface area contributed by atoms with E-state index in [1.165, 1.54) is 18.2 Å². The predicted octanol–water partition coefficient (Wildman–Crippen LogP) is 3.34. The molecule has 3 rings (SSSR count). The maximum absolute atomic E-state index is 13.1. The minimum absolute atomic E-state index is 0.101. The van der Waals surface area contributed by atoms with Gasteiger partial charge in [-0.25, -0.2) is 0 Å². The van der Waals surface area contributed by atoms with Crippen LogP contribution >= 0.6 is 0 Å². The first-order valence-electron chi connectivity index (χ1n) is 8.70. The number of aryl methyl sites for hydroxylation is 1. The first kappa shape index (κ1) is 19.7. The maximum atomic E-state index is 13.1. The number of nitrogens with one attached hydrogen (secondary N) is 2. The van der Waals surface area contributed by atoms with Gasteiger partial charge in [-0.3, -0.25) is 20.4 Å². The molecule has 28 heavy (non-hydrogen) atoms. The van der Waals surface area contributed by atoms with Crippen molar-refractivity contribution in [2.45, 2.75) is 25.4 Å². The lowest BCUT2D eigenvalue weighted by Crippen LogP contribution is -2.44. The molecule has 2 atom stereocenters. The second kappa shape index (κ2) is 7.92. The third kappa shape index (κ3) is 4.82. The van der Waals surface area contributed by atoms with Crippen molar-refractivity contribution in [3.8, 4) is 5.75 Å². The van der Waals surface area contributed by atoms with Crippen molar-refractivity contribution in [2.24, 2.45) is 5.92 Å². The zero-order valence-corrected chi connectivity index (χ0v) is 15.0. The predicted molar refractivity (Wildman–Crippen MR) is 95.3 cm³/mol. The highest BCUT2D eigenvalue weighted by Gasteiger charge is 2.47. The number of carbonyl (C=O) groups excluding carboxylic acids is 2. The van der Waals surface area contributed by atoms with Crippen molar-refractivity contribution in [2.75, 3.05) is 6.61 Å². The normalized spacial score (nSPS) is 18.3. The summed E-state index contributed by atoms with van der Waals surface area (Å²) in [6.07, 6.45) is -4.17. The monoisotopic (exact) mass is 392 g/mol. The van der Waals surface area contributed by atoms with Crippen LogP contribution in [0.25, 0.3) is 0 Å². The van der Waals surface area contributed by atoms with Gasteiger partial charge in [-0.2, -0.15) is 13.2 Å². The summed E-state index contributed by atoms with van der Waals surface area (Å²) in [5.74, 6) is -1.70. The highest BCUT2D eigenvalue weighted by Crippen LogP contribution is 2.50. The highest BCUT2D eigenvalue weighted by molar-refractivity contribution is 5.86. The van der Waals surface area contributed by atoms with Crippen LogP contribution in [0.3, 0.4) is 0 Å². The van der Waals surface area contributed by atoms with Crippen LogP contribution in [0.1, 0.15) is 29.0 Å². The fourth-order valence-corrected chi connectivity index (χ4v) is 2.95. The molecule has 1 saturated carbocycles. The quantitative estimate of drug-likeness (QED) is 0.767. The van der Waals surface area contributed by atoms with Gasteiger partial charge in [0.15, 0.2) is 6.61 Å². The van der Waals surface area contributed by atoms with Crippen LogP contribution in [0.5, 0.6) is 5.75 Å². The van der Waals surface area contributed by atoms with E-state index in [9.17, 15) is 22.8 Å². The van der Waals surface area contributed by atoms with Crippen LogP contribution in [0.15, 0.2) is 48.5 Å². The largest absolute Gasteiger partial charge is 0.484 e. The molecule has 2 aromatic carbocycles. The summed E-state index contributed by atoms with van der Waals surface area (Å²) >= 11 is 0. The van der Waals surface area contributed by atoms with Crippen LogP contribution in [0.4, 0.5) is 13.2 Å². The molecule has 1 aliphatic carbocycles. The second-order valence-electron chi connectivity index (χ2n) is 6.67. The number of hydrogen-bond donors (Lipinski definition) is 2. The fraction of sp³-hybridized carbons (Fsp3) is 0.300. The van der Waals surface area contributed by atoms with Crippen molar-refractivity contribution < 1.29 is 27.5 Å². The van der Waals surface area contributed by atoms with Crippen LogP contribution in [0.2, 0.25) is 0 Å². The van der Waals surface area contributed by atoms with E-state index in [4.69, 9.17) is 4.74 Å². The van der Waals surface area contributed by atoms with E-state index in [0.29, 0.717) is 12.2 Å². The summed E-state index contributed by atoms with van der Waals surface area (Å²) in [7, 11) is 0. The Bertz CT molecular complexity index is 866. The second-order valence-corrected chi connectivity index (χ2v) is 6.67. The fourth-order valence-electron chi connectivity index (χ4n) is 2.95. The van der Waals surface area contributed by atoms with Crippen molar-refractivity contribution >= 4 is 11.8 Å². The lowest BCUT2D eigenvalue weighted by Gasteiger charge is -2.12. The molecule has 2 aromatic rings. The number of carbonyl (C=O) groups is 2. The molecule has 0 heterocycles. The Labute approximate surface area is 159 Å². The number of halogens is 3. The van der Waals surface area contributed by atoms with Crippen molar-refractivity contribution in [1.29, 1.82) is 0 Å². The molecular formula is C20H19F3N2O3. The number of hydrogen-bond acceptors (Lipinski definition) is 3. The lowest BCUT2D eigenvalue weighted by molar-refractivity contribution is -0.138. The summed E-state index contributed by atoms with van der Waals surface area (Å²) < 4.78 is 44.6. The highest BCUT2D eigenvalue weighted by atomic mass is 19.4. The molecule has 0 aliphatic heterocycles. The Morgan fingerprint density at radius 1 is 1.07 bits per heavy atom. The maximum Gasteiger partial charge on any atom is 0.416 e. The minimum Gasteiger partial charge on any atom is -0.484 e. The van der Waals surface area contributed by atoms with E-state index in [1.54, 1.807) is 12.1 Å². The zero-order valence-electron chi connectivity index (χ0n) is 15.0. The molecule has 0 radical (unpaired) electrons. The van der Waals surface area contributed by atoms with Gasteiger partial charge in [0.25, 0.3) is 5.91 Å². The molecule has 0 aromatic heterocycles. The average Bonchev–Trinajstić information content (AvgIpc) is 3.46. The molecule has 5 nitrogen and oxygen atoms in total. The van der Waals surface area contributed by atoms with Crippen molar-refractivity contribution in [3.63, 3.8) is 0 Å². The first-order chi connectivity index (χ1) is 13.3. The SMILES string of the molecule is Cc1ccc(OCC(=O)NNC(=O)C2CC2c2ccccc2C(F)(F)F)cc1. The molecule has 2 unspecified atom stereocenters. The number of alkyl halides is 3. The zero-order chi connectivity index (χ0) is 20.3. The molecule has 8 heteroatoms. The topological polar surface area (TPSA) is 67.4 Å². The number of rotatable bonds is 5.